The Hall–Kier alpha value is -3.07. The number of carbonyl (C=O) groups excluding carboxylic acids is 1. The zero-order valence-electron chi connectivity index (χ0n) is 18.1. The number of thioether (sulfide) groups is 1. The number of hydrogen-bond acceptors (Lipinski definition) is 7. The molecule has 1 aliphatic heterocycles. The largest absolute Gasteiger partial charge is 0.378 e. The highest BCUT2D eigenvalue weighted by Gasteiger charge is 2.29. The third-order valence-electron chi connectivity index (χ3n) is 5.51. The molecule has 7 nitrogen and oxygen atoms in total. The van der Waals surface area contributed by atoms with E-state index < -0.39 is 11.2 Å². The maximum absolute atomic E-state index is 12.3. The maximum Gasteiger partial charge on any atom is 0.235 e. The van der Waals surface area contributed by atoms with Gasteiger partial charge in [-0.25, -0.2) is 4.98 Å². The van der Waals surface area contributed by atoms with E-state index in [0.29, 0.717) is 53.7 Å². The van der Waals surface area contributed by atoms with E-state index in [2.05, 4.69) is 24.0 Å². The fraction of sp³-hybridized carbons (Fsp3) is 0.375. The number of primary amides is 1. The second-order valence-electron chi connectivity index (χ2n) is 7.41. The van der Waals surface area contributed by atoms with Gasteiger partial charge in [-0.05, 0) is 37.3 Å². The molecule has 1 amide bonds. The summed E-state index contributed by atoms with van der Waals surface area (Å²) in [7, 11) is 0. The second kappa shape index (κ2) is 11.0. The number of carbonyl (C=O) groups is 1. The molecule has 1 radical (unpaired) electrons. The number of nitriles is 2. The highest BCUT2D eigenvalue weighted by atomic mass is 32.2. The molecule has 1 atom stereocenters. The molecule has 1 aliphatic rings. The van der Waals surface area contributed by atoms with Crippen LogP contribution in [0.3, 0.4) is 0 Å². The summed E-state index contributed by atoms with van der Waals surface area (Å²) in [5.74, 6) is 0.0391. The lowest BCUT2D eigenvalue weighted by Crippen LogP contribution is -2.38. The second-order valence-corrected chi connectivity index (χ2v) is 8.51. The summed E-state index contributed by atoms with van der Waals surface area (Å²) in [5.41, 5.74) is 7.84. The average Bonchev–Trinajstić information content (AvgIpc) is 2.82. The van der Waals surface area contributed by atoms with Crippen LogP contribution in [0.15, 0.2) is 35.4 Å². The monoisotopic (exact) mass is 448 g/mol. The average molecular weight is 449 g/mol. The molecule has 1 saturated heterocycles. The van der Waals surface area contributed by atoms with E-state index in [-0.39, 0.29) is 6.10 Å². The first-order valence-corrected chi connectivity index (χ1v) is 11.5. The Morgan fingerprint density at radius 3 is 2.47 bits per heavy atom. The Kier molecular flexibility index (Phi) is 8.10. The fourth-order valence-corrected chi connectivity index (χ4v) is 4.99. The van der Waals surface area contributed by atoms with Gasteiger partial charge < -0.3 is 15.4 Å². The van der Waals surface area contributed by atoms with E-state index in [4.69, 9.17) is 15.5 Å². The molecule has 2 N–H and O–H groups in total. The Bertz CT molecular complexity index is 1040. The van der Waals surface area contributed by atoms with Crippen LogP contribution in [0.1, 0.15) is 47.3 Å². The third-order valence-corrected chi connectivity index (χ3v) is 6.77. The number of piperidine rings is 1. The Balaban J connectivity index is 2.04. The molecule has 2 heterocycles. The van der Waals surface area contributed by atoms with Crippen LogP contribution in [0.25, 0.3) is 0 Å². The number of nitrogens with two attached hydrogens (primary N) is 1. The van der Waals surface area contributed by atoms with Gasteiger partial charge in [-0.2, -0.15) is 10.5 Å². The molecule has 3 rings (SSSR count). The minimum atomic E-state index is -0.697. The van der Waals surface area contributed by atoms with Crippen LogP contribution >= 0.6 is 11.8 Å². The predicted molar refractivity (Wildman–Crippen MR) is 124 cm³/mol. The van der Waals surface area contributed by atoms with E-state index in [1.54, 1.807) is 0 Å². The van der Waals surface area contributed by atoms with Gasteiger partial charge in [-0.15, -0.1) is 0 Å². The number of pyridine rings is 1. The Morgan fingerprint density at radius 2 is 1.94 bits per heavy atom. The lowest BCUT2D eigenvalue weighted by Gasteiger charge is -2.33. The van der Waals surface area contributed by atoms with E-state index in [1.807, 2.05) is 37.3 Å². The Labute approximate surface area is 193 Å². The van der Waals surface area contributed by atoms with Gasteiger partial charge in [0.25, 0.3) is 0 Å². The van der Waals surface area contributed by atoms with Crippen molar-refractivity contribution in [3.63, 3.8) is 0 Å². The molecular formula is C24H26N5O2S. The minimum absolute atomic E-state index is 0.143. The van der Waals surface area contributed by atoms with E-state index in [1.165, 1.54) is 0 Å². The fourth-order valence-electron chi connectivity index (χ4n) is 3.93. The molecule has 8 heteroatoms. The molecule has 0 spiro atoms. The number of hydrogen-bond donors (Lipinski definition) is 1. The lowest BCUT2D eigenvalue weighted by molar-refractivity contribution is -0.117. The van der Waals surface area contributed by atoms with Gasteiger partial charge in [-0.3, -0.25) is 4.79 Å². The van der Waals surface area contributed by atoms with Crippen LogP contribution in [0.2, 0.25) is 0 Å². The third kappa shape index (κ3) is 5.04. The first-order valence-electron chi connectivity index (χ1n) is 10.6. The summed E-state index contributed by atoms with van der Waals surface area (Å²) in [5, 5.41) is 19.5. The van der Waals surface area contributed by atoms with Crippen molar-refractivity contribution in [2.75, 3.05) is 24.6 Å². The Morgan fingerprint density at radius 1 is 1.28 bits per heavy atom. The van der Waals surface area contributed by atoms with Gasteiger partial charge in [0.05, 0.1) is 17.2 Å². The number of anilines is 1. The van der Waals surface area contributed by atoms with E-state index >= 15 is 0 Å². The van der Waals surface area contributed by atoms with Gasteiger partial charge in [0, 0.05) is 19.7 Å². The lowest BCUT2D eigenvalue weighted by atomic mass is 10.0. The van der Waals surface area contributed by atoms with Gasteiger partial charge in [0.1, 0.15) is 28.2 Å². The van der Waals surface area contributed by atoms with Crippen molar-refractivity contribution in [1.82, 2.24) is 4.98 Å². The number of ether oxygens (including phenoxy) is 1. The van der Waals surface area contributed by atoms with Crippen molar-refractivity contribution in [2.45, 2.75) is 42.6 Å². The zero-order chi connectivity index (χ0) is 23.1. The molecule has 32 heavy (non-hydrogen) atoms. The summed E-state index contributed by atoms with van der Waals surface area (Å²) in [6.07, 6.45) is 2.26. The number of nitrogens with zero attached hydrogens (tertiary/aromatic N) is 4. The van der Waals surface area contributed by atoms with Gasteiger partial charge >= 0.3 is 0 Å². The smallest absolute Gasteiger partial charge is 0.235 e. The van der Waals surface area contributed by atoms with Crippen molar-refractivity contribution in [3.05, 3.63) is 59.5 Å². The van der Waals surface area contributed by atoms with Crippen molar-refractivity contribution >= 4 is 23.5 Å². The first-order chi connectivity index (χ1) is 15.5. The first kappa shape index (κ1) is 23.6. The molecule has 165 valence electrons. The molecule has 1 unspecified atom stereocenters. The zero-order valence-corrected chi connectivity index (χ0v) is 18.9. The molecule has 1 fully saturated rings. The molecule has 2 aromatic rings. The van der Waals surface area contributed by atoms with Crippen LogP contribution < -0.4 is 10.6 Å². The number of amides is 1. The summed E-state index contributed by atoms with van der Waals surface area (Å²) in [6, 6.07) is 13.7. The highest BCUT2D eigenvalue weighted by Crippen LogP contribution is 2.39. The molecule has 1 aromatic heterocycles. The van der Waals surface area contributed by atoms with Crippen LogP contribution in [-0.4, -0.2) is 36.7 Å². The highest BCUT2D eigenvalue weighted by molar-refractivity contribution is 8.00. The SMILES string of the molecule is [CH2]COC1CCN(c2nc(SC(C(N)=O)c3ccccc3)c(C#N)c(CC)c2C#N)CC1. The van der Waals surface area contributed by atoms with Crippen LogP contribution in [0.5, 0.6) is 0 Å². The van der Waals surface area contributed by atoms with Crippen molar-refractivity contribution in [3.8, 4) is 12.1 Å². The summed E-state index contributed by atoms with van der Waals surface area (Å²) in [4.78, 5) is 19.1. The van der Waals surface area contributed by atoms with Crippen molar-refractivity contribution < 1.29 is 9.53 Å². The summed E-state index contributed by atoms with van der Waals surface area (Å²) >= 11 is 1.16. The number of benzene rings is 1. The topological polar surface area (TPSA) is 116 Å². The molecular weight excluding hydrogens is 422 g/mol. The van der Waals surface area contributed by atoms with Gasteiger partial charge in [-0.1, -0.05) is 49.0 Å². The molecule has 0 bridgehead atoms. The predicted octanol–water partition coefficient (Wildman–Crippen LogP) is 3.53. The van der Waals surface area contributed by atoms with Gasteiger partial charge in [0.2, 0.25) is 5.91 Å². The van der Waals surface area contributed by atoms with Crippen LogP contribution in [0, 0.1) is 29.6 Å². The quantitative estimate of drug-likeness (QED) is 0.614. The van der Waals surface area contributed by atoms with Crippen LogP contribution in [-0.2, 0) is 16.0 Å². The van der Waals surface area contributed by atoms with E-state index in [9.17, 15) is 15.3 Å². The van der Waals surface area contributed by atoms with Crippen molar-refractivity contribution in [2.24, 2.45) is 5.73 Å². The summed E-state index contributed by atoms with van der Waals surface area (Å²) < 4.78 is 5.63. The van der Waals surface area contributed by atoms with Crippen LogP contribution in [0.4, 0.5) is 5.82 Å². The number of aromatic nitrogens is 1. The normalized spacial score (nSPS) is 15.1. The van der Waals surface area contributed by atoms with Crippen molar-refractivity contribution in [1.29, 1.82) is 10.5 Å². The van der Waals surface area contributed by atoms with Gasteiger partial charge in [0.15, 0.2) is 0 Å². The standard InChI is InChI=1S/C24H26N5O2S/c1-3-18-19(14-25)23(29-12-10-17(11-13-29)31-4-2)28-24(20(18)15-26)32-21(22(27)30)16-8-6-5-7-9-16/h5-9,17,21H,2-4,10-13H2,1H3,(H2,27,30). The summed E-state index contributed by atoms with van der Waals surface area (Å²) in [6.45, 7) is 7.45. The number of rotatable bonds is 8. The maximum atomic E-state index is 12.3. The minimum Gasteiger partial charge on any atom is -0.378 e. The molecule has 1 aromatic carbocycles. The molecule has 0 aliphatic carbocycles. The molecule has 0 saturated carbocycles. The van der Waals surface area contributed by atoms with E-state index in [0.717, 1.165) is 30.2 Å².